The van der Waals surface area contributed by atoms with Crippen molar-refractivity contribution in [1.29, 1.82) is 0 Å². The lowest BCUT2D eigenvalue weighted by Crippen LogP contribution is -2.28. The van der Waals surface area contributed by atoms with Crippen LogP contribution < -0.4 is 5.32 Å². The fourth-order valence-corrected chi connectivity index (χ4v) is 1.47. The molecular weight excluding hydrogens is 194 g/mol. The highest BCUT2D eigenvalue weighted by atomic mass is 16.5. The van der Waals surface area contributed by atoms with Gasteiger partial charge in [0.2, 0.25) is 6.10 Å². The number of nitrogens with one attached hydrogen (secondary N) is 1. The Balaban J connectivity index is 2.25. The molecule has 0 saturated carbocycles. The highest BCUT2D eigenvalue weighted by Crippen LogP contribution is 2.19. The van der Waals surface area contributed by atoms with E-state index < -0.39 is 6.10 Å². The van der Waals surface area contributed by atoms with Crippen LogP contribution in [0.25, 0.3) is 0 Å². The van der Waals surface area contributed by atoms with Crippen molar-refractivity contribution in [3.05, 3.63) is 35.9 Å². The van der Waals surface area contributed by atoms with Crippen LogP contribution in [-0.2, 0) is 14.3 Å². The first kappa shape index (κ1) is 9.71. The van der Waals surface area contributed by atoms with Crippen molar-refractivity contribution in [2.24, 2.45) is 0 Å². The molecule has 0 radical (unpaired) electrons. The first-order valence-electron chi connectivity index (χ1n) is 4.79. The maximum atomic E-state index is 11.6. The van der Waals surface area contributed by atoms with Crippen LogP contribution in [0.4, 0.5) is 0 Å². The molecule has 1 aromatic rings. The second kappa shape index (κ2) is 4.13. The predicted molar refractivity (Wildman–Crippen MR) is 52.9 cm³/mol. The normalized spacial score (nSPS) is 21.5. The zero-order valence-electron chi connectivity index (χ0n) is 8.10. The number of ether oxygens (including phenoxy) is 1. The molecule has 1 amide bonds. The Kier molecular flexibility index (Phi) is 2.67. The molecule has 4 nitrogen and oxygen atoms in total. The van der Waals surface area contributed by atoms with Gasteiger partial charge in [-0.1, -0.05) is 30.3 Å². The van der Waals surface area contributed by atoms with Crippen LogP contribution >= 0.6 is 0 Å². The zero-order chi connectivity index (χ0) is 10.7. The van der Waals surface area contributed by atoms with Crippen molar-refractivity contribution in [3.63, 3.8) is 0 Å². The van der Waals surface area contributed by atoms with Crippen LogP contribution in [0.5, 0.6) is 0 Å². The second-order valence-corrected chi connectivity index (χ2v) is 3.32. The lowest BCUT2D eigenvalue weighted by molar-refractivity contribution is -0.153. The Morgan fingerprint density at radius 2 is 1.93 bits per heavy atom. The van der Waals surface area contributed by atoms with Gasteiger partial charge in [-0.05, 0) is 0 Å². The number of esters is 1. The van der Waals surface area contributed by atoms with Gasteiger partial charge in [0, 0.05) is 12.1 Å². The SMILES string of the molecule is O=C1CCNC(=O)C(c2ccccc2)O1. The molecule has 1 aliphatic heterocycles. The van der Waals surface area contributed by atoms with Crippen LogP contribution in [0, 0.1) is 0 Å². The third-order valence-electron chi connectivity index (χ3n) is 2.22. The van der Waals surface area contributed by atoms with E-state index in [1.54, 1.807) is 24.3 Å². The van der Waals surface area contributed by atoms with E-state index >= 15 is 0 Å². The summed E-state index contributed by atoms with van der Waals surface area (Å²) in [6.45, 7) is 0.348. The van der Waals surface area contributed by atoms with Gasteiger partial charge in [0.1, 0.15) is 0 Å². The standard InChI is InChI=1S/C11H11NO3/c13-9-6-7-12-11(14)10(15-9)8-4-2-1-3-5-8/h1-5,10H,6-7H2,(H,12,14). The fraction of sp³-hybridized carbons (Fsp3) is 0.273. The Morgan fingerprint density at radius 1 is 1.20 bits per heavy atom. The molecule has 4 heteroatoms. The molecule has 0 aliphatic carbocycles. The molecule has 1 aliphatic rings. The van der Waals surface area contributed by atoms with E-state index in [9.17, 15) is 9.59 Å². The van der Waals surface area contributed by atoms with Crippen LogP contribution in [0.1, 0.15) is 18.1 Å². The van der Waals surface area contributed by atoms with Gasteiger partial charge >= 0.3 is 5.97 Å². The van der Waals surface area contributed by atoms with Gasteiger partial charge < -0.3 is 10.1 Å². The van der Waals surface area contributed by atoms with Gasteiger partial charge in [-0.25, -0.2) is 0 Å². The van der Waals surface area contributed by atoms with E-state index in [4.69, 9.17) is 4.74 Å². The van der Waals surface area contributed by atoms with Crippen molar-refractivity contribution in [1.82, 2.24) is 5.32 Å². The highest BCUT2D eigenvalue weighted by molar-refractivity contribution is 5.86. The molecule has 1 heterocycles. The Labute approximate surface area is 87.2 Å². The first-order valence-corrected chi connectivity index (χ1v) is 4.79. The molecule has 1 atom stereocenters. The molecule has 0 aromatic heterocycles. The molecule has 0 bridgehead atoms. The van der Waals surface area contributed by atoms with E-state index in [-0.39, 0.29) is 18.3 Å². The van der Waals surface area contributed by atoms with Crippen molar-refractivity contribution in [2.45, 2.75) is 12.5 Å². The first-order chi connectivity index (χ1) is 7.27. The van der Waals surface area contributed by atoms with Crippen molar-refractivity contribution in [3.8, 4) is 0 Å². The van der Waals surface area contributed by atoms with Crippen LogP contribution in [0.15, 0.2) is 30.3 Å². The minimum atomic E-state index is -0.804. The summed E-state index contributed by atoms with van der Waals surface area (Å²) >= 11 is 0. The number of cyclic esters (lactones) is 1. The number of amides is 1. The summed E-state index contributed by atoms with van der Waals surface area (Å²) in [6, 6.07) is 8.99. The molecule has 15 heavy (non-hydrogen) atoms. The predicted octanol–water partition coefficient (Wildman–Crippen LogP) is 0.791. The third kappa shape index (κ3) is 2.15. The number of rotatable bonds is 1. The number of carbonyl (C=O) groups is 2. The maximum absolute atomic E-state index is 11.6. The van der Waals surface area contributed by atoms with Gasteiger partial charge in [-0.3, -0.25) is 9.59 Å². The fourth-order valence-electron chi connectivity index (χ4n) is 1.47. The zero-order valence-corrected chi connectivity index (χ0v) is 8.10. The van der Waals surface area contributed by atoms with E-state index in [1.807, 2.05) is 6.07 Å². The van der Waals surface area contributed by atoms with Gasteiger partial charge in [-0.2, -0.15) is 0 Å². The molecule has 1 fully saturated rings. The molecule has 1 saturated heterocycles. The van der Waals surface area contributed by atoms with Gasteiger partial charge in [-0.15, -0.1) is 0 Å². The Morgan fingerprint density at radius 3 is 2.67 bits per heavy atom. The second-order valence-electron chi connectivity index (χ2n) is 3.32. The minimum absolute atomic E-state index is 0.231. The van der Waals surface area contributed by atoms with E-state index in [0.29, 0.717) is 12.1 Å². The summed E-state index contributed by atoms with van der Waals surface area (Å²) in [5, 5.41) is 2.64. The van der Waals surface area contributed by atoms with Crippen LogP contribution in [-0.4, -0.2) is 18.4 Å². The Hall–Kier alpha value is -1.84. The summed E-state index contributed by atoms with van der Waals surface area (Å²) in [5.74, 6) is -0.603. The van der Waals surface area contributed by atoms with E-state index in [0.717, 1.165) is 0 Å². The summed E-state index contributed by atoms with van der Waals surface area (Å²) in [6.07, 6.45) is -0.573. The summed E-state index contributed by atoms with van der Waals surface area (Å²) in [7, 11) is 0. The lowest BCUT2D eigenvalue weighted by atomic mass is 10.1. The Bertz CT molecular complexity index is 375. The number of benzene rings is 1. The van der Waals surface area contributed by atoms with Gasteiger partial charge in [0.05, 0.1) is 6.42 Å². The van der Waals surface area contributed by atoms with Crippen LogP contribution in [0.3, 0.4) is 0 Å². The maximum Gasteiger partial charge on any atom is 0.308 e. The average molecular weight is 205 g/mol. The molecular formula is C11H11NO3. The minimum Gasteiger partial charge on any atom is -0.447 e. The van der Waals surface area contributed by atoms with E-state index in [2.05, 4.69) is 5.32 Å². The largest absolute Gasteiger partial charge is 0.447 e. The summed E-state index contributed by atoms with van der Waals surface area (Å²) in [4.78, 5) is 22.8. The highest BCUT2D eigenvalue weighted by Gasteiger charge is 2.27. The van der Waals surface area contributed by atoms with Gasteiger partial charge in [0.15, 0.2) is 0 Å². The number of carbonyl (C=O) groups excluding carboxylic acids is 2. The topological polar surface area (TPSA) is 55.4 Å². The smallest absolute Gasteiger partial charge is 0.308 e. The molecule has 0 spiro atoms. The third-order valence-corrected chi connectivity index (χ3v) is 2.22. The summed E-state index contributed by atoms with van der Waals surface area (Å²) < 4.78 is 5.06. The van der Waals surface area contributed by atoms with E-state index in [1.165, 1.54) is 0 Å². The van der Waals surface area contributed by atoms with Gasteiger partial charge in [0.25, 0.3) is 5.91 Å². The molecule has 78 valence electrons. The number of hydrogen-bond donors (Lipinski definition) is 1. The van der Waals surface area contributed by atoms with Crippen molar-refractivity contribution in [2.75, 3.05) is 6.54 Å². The monoisotopic (exact) mass is 205 g/mol. The lowest BCUT2D eigenvalue weighted by Gasteiger charge is -2.13. The van der Waals surface area contributed by atoms with Crippen molar-refractivity contribution < 1.29 is 14.3 Å². The summed E-state index contributed by atoms with van der Waals surface area (Å²) in [5.41, 5.74) is 0.699. The van der Waals surface area contributed by atoms with Crippen molar-refractivity contribution >= 4 is 11.9 Å². The quantitative estimate of drug-likeness (QED) is 0.689. The number of hydrogen-bond acceptors (Lipinski definition) is 3. The molecule has 2 rings (SSSR count). The molecule has 1 N–H and O–H groups in total. The average Bonchev–Trinajstić information content (AvgIpc) is 2.42. The molecule has 1 aromatic carbocycles. The van der Waals surface area contributed by atoms with Crippen LogP contribution in [0.2, 0.25) is 0 Å². The molecule has 1 unspecified atom stereocenters.